The second-order valence-corrected chi connectivity index (χ2v) is 6.82. The van der Waals surface area contributed by atoms with Gasteiger partial charge in [0.1, 0.15) is 5.75 Å². The molecule has 4 rings (SSSR count). The summed E-state index contributed by atoms with van der Waals surface area (Å²) in [7, 11) is 0. The summed E-state index contributed by atoms with van der Waals surface area (Å²) in [5.41, 5.74) is 3.99. The van der Waals surface area contributed by atoms with E-state index in [1.54, 1.807) is 17.0 Å². The molecule has 2 heterocycles. The predicted molar refractivity (Wildman–Crippen MR) is 96.8 cm³/mol. The van der Waals surface area contributed by atoms with Gasteiger partial charge in [-0.3, -0.25) is 4.79 Å². The summed E-state index contributed by atoms with van der Waals surface area (Å²) in [6.07, 6.45) is -4.12. The number of anilines is 4. The number of benzene rings is 2. The summed E-state index contributed by atoms with van der Waals surface area (Å²) in [5, 5.41) is 6.01. The molecule has 5 nitrogen and oxygen atoms in total. The molecule has 0 aromatic heterocycles. The maximum Gasteiger partial charge on any atom is 0.395 e. The Hall–Kier alpha value is -2.90. The van der Waals surface area contributed by atoms with Crippen LogP contribution in [0.2, 0.25) is 0 Å². The molecule has 0 unspecified atom stereocenters. The molecular weight excluding hydrogens is 359 g/mol. The highest BCUT2D eigenvalue weighted by Gasteiger charge is 2.47. The summed E-state index contributed by atoms with van der Waals surface area (Å²) < 4.78 is 43.3. The highest BCUT2D eigenvalue weighted by Crippen LogP contribution is 2.37. The fraction of sp³-hybridized carbons (Fsp3) is 0.316. The largest absolute Gasteiger partial charge is 0.482 e. The van der Waals surface area contributed by atoms with Gasteiger partial charge in [0.25, 0.3) is 5.91 Å². The normalized spacial score (nSPS) is 16.9. The zero-order valence-electron chi connectivity index (χ0n) is 14.6. The molecule has 1 saturated heterocycles. The minimum atomic E-state index is -4.12. The monoisotopic (exact) mass is 377 g/mol. The van der Waals surface area contributed by atoms with E-state index in [1.165, 1.54) is 0 Å². The Bertz CT molecular complexity index is 892. The van der Waals surface area contributed by atoms with E-state index in [9.17, 15) is 18.0 Å². The van der Waals surface area contributed by atoms with Crippen molar-refractivity contribution in [3.63, 3.8) is 0 Å². The number of ether oxygens (including phenoxy) is 1. The number of carbonyl (C=O) groups excluding carboxylic acids is 1. The van der Waals surface area contributed by atoms with Gasteiger partial charge in [-0.15, -0.1) is 0 Å². The Morgan fingerprint density at radius 2 is 1.96 bits per heavy atom. The van der Waals surface area contributed by atoms with Crippen LogP contribution in [0.15, 0.2) is 36.4 Å². The number of rotatable bonds is 3. The highest BCUT2D eigenvalue weighted by atomic mass is 19.4. The van der Waals surface area contributed by atoms with E-state index in [2.05, 4.69) is 10.6 Å². The van der Waals surface area contributed by atoms with Gasteiger partial charge >= 0.3 is 6.18 Å². The zero-order valence-corrected chi connectivity index (χ0v) is 14.6. The third kappa shape index (κ3) is 3.51. The van der Waals surface area contributed by atoms with E-state index in [0.29, 0.717) is 11.4 Å². The second-order valence-electron chi connectivity index (χ2n) is 6.82. The van der Waals surface area contributed by atoms with Crippen LogP contribution in [0, 0.1) is 12.8 Å². The maximum atomic E-state index is 12.6. The quantitative estimate of drug-likeness (QED) is 0.847. The molecule has 2 aliphatic heterocycles. The van der Waals surface area contributed by atoms with Crippen molar-refractivity contribution in [3.05, 3.63) is 42.0 Å². The molecule has 0 radical (unpaired) electrons. The van der Waals surface area contributed by atoms with Crippen LogP contribution in [-0.4, -0.2) is 31.8 Å². The lowest BCUT2D eigenvalue weighted by molar-refractivity contribution is -0.180. The van der Waals surface area contributed by atoms with E-state index < -0.39 is 12.1 Å². The molecule has 27 heavy (non-hydrogen) atoms. The summed E-state index contributed by atoms with van der Waals surface area (Å²) in [5.74, 6) is -0.840. The van der Waals surface area contributed by atoms with Gasteiger partial charge in [-0.25, -0.2) is 0 Å². The Labute approximate surface area is 154 Å². The summed E-state index contributed by atoms with van der Waals surface area (Å²) in [6, 6.07) is 10.9. The van der Waals surface area contributed by atoms with E-state index in [4.69, 9.17) is 4.74 Å². The van der Waals surface area contributed by atoms with Crippen LogP contribution in [0.3, 0.4) is 0 Å². The zero-order chi connectivity index (χ0) is 19.2. The molecule has 0 saturated carbocycles. The minimum absolute atomic E-state index is 0.00357. The fourth-order valence-electron chi connectivity index (χ4n) is 3.19. The van der Waals surface area contributed by atoms with Crippen LogP contribution in [0.1, 0.15) is 5.56 Å². The summed E-state index contributed by atoms with van der Waals surface area (Å²) >= 11 is 0. The summed E-state index contributed by atoms with van der Waals surface area (Å²) in [6.45, 7) is 1.90. The number of fused-ring (bicyclic) bond motifs is 1. The Morgan fingerprint density at radius 1 is 1.19 bits per heavy atom. The number of nitrogens with zero attached hydrogens (tertiary/aromatic N) is 1. The number of carbonyl (C=O) groups is 1. The Kier molecular flexibility index (Phi) is 4.13. The van der Waals surface area contributed by atoms with Gasteiger partial charge < -0.3 is 20.3 Å². The molecule has 2 N–H and O–H groups in total. The van der Waals surface area contributed by atoms with Crippen LogP contribution >= 0.6 is 0 Å². The molecule has 2 aliphatic rings. The average molecular weight is 377 g/mol. The van der Waals surface area contributed by atoms with Crippen LogP contribution in [-0.2, 0) is 4.79 Å². The number of aryl methyl sites for hydroxylation is 1. The van der Waals surface area contributed by atoms with Crippen molar-refractivity contribution in [3.8, 4) is 5.75 Å². The van der Waals surface area contributed by atoms with Gasteiger partial charge in [0.05, 0.1) is 11.6 Å². The Morgan fingerprint density at radius 3 is 2.67 bits per heavy atom. The van der Waals surface area contributed by atoms with E-state index >= 15 is 0 Å². The standard InChI is InChI=1S/C19H18F3N3O2/c1-11-6-14(25-8-12(9-25)19(20,21)22)3-5-15(11)23-13-2-4-16-17(7-13)27-10-18(26)24-16/h2-7,12,23H,8-10H2,1H3,(H,24,26). The first-order chi connectivity index (χ1) is 12.8. The third-order valence-corrected chi connectivity index (χ3v) is 4.81. The van der Waals surface area contributed by atoms with Gasteiger partial charge in [0.15, 0.2) is 6.61 Å². The molecule has 0 aliphatic carbocycles. The smallest absolute Gasteiger partial charge is 0.395 e. The molecule has 8 heteroatoms. The number of alkyl halides is 3. The van der Waals surface area contributed by atoms with Crippen LogP contribution in [0.25, 0.3) is 0 Å². The minimum Gasteiger partial charge on any atom is -0.482 e. The molecule has 0 bridgehead atoms. The molecule has 0 spiro atoms. The van der Waals surface area contributed by atoms with Crippen LogP contribution in [0.4, 0.5) is 35.9 Å². The lowest BCUT2D eigenvalue weighted by atomic mass is 9.98. The molecule has 0 atom stereocenters. The van der Waals surface area contributed by atoms with E-state index in [0.717, 1.165) is 22.6 Å². The second kappa shape index (κ2) is 6.37. The van der Waals surface area contributed by atoms with Crippen molar-refractivity contribution < 1.29 is 22.7 Å². The number of hydrogen-bond acceptors (Lipinski definition) is 4. The molecule has 142 valence electrons. The predicted octanol–water partition coefficient (Wildman–Crippen LogP) is 4.07. The molecule has 2 aromatic carbocycles. The third-order valence-electron chi connectivity index (χ3n) is 4.81. The van der Waals surface area contributed by atoms with Gasteiger partial charge in [0.2, 0.25) is 0 Å². The first-order valence-corrected chi connectivity index (χ1v) is 8.55. The topological polar surface area (TPSA) is 53.6 Å². The molecular formula is C19H18F3N3O2. The van der Waals surface area contributed by atoms with Gasteiger partial charge in [-0.2, -0.15) is 13.2 Å². The Balaban J connectivity index is 1.46. The molecule has 2 aromatic rings. The van der Waals surface area contributed by atoms with Crippen molar-refractivity contribution in [1.82, 2.24) is 0 Å². The maximum absolute atomic E-state index is 12.6. The van der Waals surface area contributed by atoms with Gasteiger partial charge in [-0.05, 0) is 42.8 Å². The van der Waals surface area contributed by atoms with Crippen molar-refractivity contribution in [1.29, 1.82) is 0 Å². The van der Waals surface area contributed by atoms with Crippen molar-refractivity contribution in [2.24, 2.45) is 5.92 Å². The number of nitrogens with one attached hydrogen (secondary N) is 2. The lowest BCUT2D eigenvalue weighted by Crippen LogP contribution is -2.53. The fourth-order valence-corrected chi connectivity index (χ4v) is 3.19. The van der Waals surface area contributed by atoms with Crippen molar-refractivity contribution in [2.75, 3.05) is 35.2 Å². The lowest BCUT2D eigenvalue weighted by Gasteiger charge is -2.42. The van der Waals surface area contributed by atoms with Gasteiger partial charge in [0, 0.05) is 36.2 Å². The SMILES string of the molecule is Cc1cc(N2CC(C(F)(F)F)C2)ccc1Nc1ccc2c(c1)OCC(=O)N2. The summed E-state index contributed by atoms with van der Waals surface area (Å²) in [4.78, 5) is 13.0. The van der Waals surface area contributed by atoms with E-state index in [-0.39, 0.29) is 25.6 Å². The van der Waals surface area contributed by atoms with Crippen LogP contribution in [0.5, 0.6) is 5.75 Å². The average Bonchev–Trinajstić information content (AvgIpc) is 2.55. The van der Waals surface area contributed by atoms with Gasteiger partial charge in [-0.1, -0.05) is 0 Å². The first-order valence-electron chi connectivity index (χ1n) is 8.55. The van der Waals surface area contributed by atoms with Crippen molar-refractivity contribution >= 4 is 28.7 Å². The number of halogens is 3. The first kappa shape index (κ1) is 17.5. The molecule has 1 fully saturated rings. The highest BCUT2D eigenvalue weighted by molar-refractivity contribution is 5.95. The number of amides is 1. The van der Waals surface area contributed by atoms with Crippen molar-refractivity contribution in [2.45, 2.75) is 13.1 Å². The van der Waals surface area contributed by atoms with E-state index in [1.807, 2.05) is 31.2 Å². The number of hydrogen-bond donors (Lipinski definition) is 2. The molecule has 1 amide bonds. The van der Waals surface area contributed by atoms with Crippen LogP contribution < -0.4 is 20.3 Å².